The number of aromatic carboxylic acids is 1. The van der Waals surface area contributed by atoms with Crippen molar-refractivity contribution >= 4 is 40.0 Å². The van der Waals surface area contributed by atoms with Gasteiger partial charge in [-0.2, -0.15) is 0 Å². The van der Waals surface area contributed by atoms with E-state index in [1.54, 1.807) is 0 Å². The number of amides is 1. The molecule has 0 aliphatic heterocycles. The summed E-state index contributed by atoms with van der Waals surface area (Å²) in [6, 6.07) is 9.60. The Kier molecular flexibility index (Phi) is 6.05. The lowest BCUT2D eigenvalue weighted by Gasteiger charge is -2.07. The molecular formula is C16H13ClFNO4S. The van der Waals surface area contributed by atoms with Crippen LogP contribution in [0.25, 0.3) is 0 Å². The summed E-state index contributed by atoms with van der Waals surface area (Å²) in [7, 11) is -1.59. The maximum atomic E-state index is 13.6. The van der Waals surface area contributed by atoms with Gasteiger partial charge in [0.15, 0.2) is 0 Å². The van der Waals surface area contributed by atoms with Gasteiger partial charge in [0.1, 0.15) is 11.6 Å². The quantitative estimate of drug-likeness (QED) is 0.819. The number of halogens is 2. The Bertz CT molecular complexity index is 795. The van der Waals surface area contributed by atoms with Gasteiger partial charge in [0, 0.05) is 27.1 Å². The summed E-state index contributed by atoms with van der Waals surface area (Å²) in [5.41, 5.74) is 0.700. The van der Waals surface area contributed by atoms with Gasteiger partial charge in [-0.05, 0) is 36.4 Å². The molecule has 0 bridgehead atoms. The third-order valence-corrected chi connectivity index (χ3v) is 4.49. The zero-order chi connectivity index (χ0) is 17.7. The van der Waals surface area contributed by atoms with Crippen molar-refractivity contribution in [2.24, 2.45) is 0 Å². The third-order valence-electron chi connectivity index (χ3n) is 3.04. The average Bonchev–Trinajstić information content (AvgIpc) is 2.50. The van der Waals surface area contributed by atoms with Crippen LogP contribution in [0.5, 0.6) is 0 Å². The number of anilines is 1. The van der Waals surface area contributed by atoms with Gasteiger partial charge in [-0.15, -0.1) is 0 Å². The molecule has 1 unspecified atom stereocenters. The first-order valence-corrected chi connectivity index (χ1v) is 8.64. The van der Waals surface area contributed by atoms with Crippen LogP contribution in [-0.2, 0) is 21.3 Å². The molecule has 0 aliphatic rings. The molecule has 8 heteroatoms. The predicted molar refractivity (Wildman–Crippen MR) is 90.2 cm³/mol. The van der Waals surface area contributed by atoms with Gasteiger partial charge < -0.3 is 10.4 Å². The molecule has 2 N–H and O–H groups in total. The number of carbonyl (C=O) groups excluding carboxylic acids is 1. The molecule has 0 radical (unpaired) electrons. The fourth-order valence-corrected chi connectivity index (χ4v) is 3.11. The van der Waals surface area contributed by atoms with Crippen LogP contribution in [0, 0.1) is 5.82 Å². The minimum atomic E-state index is -1.59. The van der Waals surface area contributed by atoms with Gasteiger partial charge >= 0.3 is 5.97 Å². The Morgan fingerprint density at radius 2 is 1.83 bits per heavy atom. The first-order chi connectivity index (χ1) is 11.3. The van der Waals surface area contributed by atoms with E-state index in [0.29, 0.717) is 5.69 Å². The molecule has 2 rings (SSSR count). The summed E-state index contributed by atoms with van der Waals surface area (Å²) in [6.07, 6.45) is 0. The van der Waals surface area contributed by atoms with E-state index in [9.17, 15) is 18.2 Å². The largest absolute Gasteiger partial charge is 0.478 e. The summed E-state index contributed by atoms with van der Waals surface area (Å²) in [5, 5.41) is 11.5. The summed E-state index contributed by atoms with van der Waals surface area (Å²) >= 11 is 5.64. The van der Waals surface area contributed by atoms with Crippen LogP contribution in [0.2, 0.25) is 5.02 Å². The zero-order valence-electron chi connectivity index (χ0n) is 12.3. The summed E-state index contributed by atoms with van der Waals surface area (Å²) in [5.74, 6) is -2.55. The number of hydrogen-bond donors (Lipinski definition) is 2. The number of nitrogens with one attached hydrogen (secondary N) is 1. The molecule has 0 aromatic heterocycles. The van der Waals surface area contributed by atoms with Crippen molar-refractivity contribution in [2.75, 3.05) is 11.1 Å². The van der Waals surface area contributed by atoms with E-state index in [1.165, 1.54) is 36.4 Å². The van der Waals surface area contributed by atoms with Gasteiger partial charge in [0.25, 0.3) is 0 Å². The third kappa shape index (κ3) is 5.14. The molecule has 0 fully saturated rings. The Balaban J connectivity index is 1.91. The molecular weight excluding hydrogens is 357 g/mol. The molecule has 0 aliphatic carbocycles. The van der Waals surface area contributed by atoms with Gasteiger partial charge in [0.05, 0.1) is 11.3 Å². The van der Waals surface area contributed by atoms with E-state index < -0.39 is 28.5 Å². The maximum absolute atomic E-state index is 13.6. The van der Waals surface area contributed by atoms with Gasteiger partial charge in [-0.1, -0.05) is 17.7 Å². The van der Waals surface area contributed by atoms with E-state index in [1.807, 2.05) is 0 Å². The Morgan fingerprint density at radius 3 is 2.42 bits per heavy atom. The van der Waals surface area contributed by atoms with Crippen LogP contribution in [0.1, 0.15) is 15.9 Å². The molecule has 1 amide bonds. The second-order valence-corrected chi connectivity index (χ2v) is 6.79. The Labute approximate surface area is 144 Å². The zero-order valence-corrected chi connectivity index (χ0v) is 13.9. The van der Waals surface area contributed by atoms with Gasteiger partial charge in [0.2, 0.25) is 5.91 Å². The van der Waals surface area contributed by atoms with Crippen molar-refractivity contribution in [3.8, 4) is 0 Å². The minimum absolute atomic E-state index is 0.0924. The topological polar surface area (TPSA) is 83.5 Å². The molecule has 2 aromatic rings. The number of carbonyl (C=O) groups is 2. The second kappa shape index (κ2) is 8.03. The standard InChI is InChI=1S/C16H13ClFNO4S/c17-12-4-1-11(14(18)7-12)8-24(23)9-15(20)19-13-5-2-10(3-6-13)16(21)22/h1-7H,8-9H2,(H,19,20)(H,21,22). The van der Waals surface area contributed by atoms with Crippen molar-refractivity contribution in [3.05, 3.63) is 64.4 Å². The first-order valence-electron chi connectivity index (χ1n) is 6.77. The van der Waals surface area contributed by atoms with E-state index in [4.69, 9.17) is 16.7 Å². The highest BCUT2D eigenvalue weighted by molar-refractivity contribution is 7.84. The van der Waals surface area contributed by atoms with Gasteiger partial charge in [-0.25, -0.2) is 9.18 Å². The van der Waals surface area contributed by atoms with Crippen molar-refractivity contribution in [3.63, 3.8) is 0 Å². The Hall–Kier alpha value is -2.25. The number of carboxylic acid groups (broad SMARTS) is 1. The first kappa shape index (κ1) is 18.1. The molecule has 24 heavy (non-hydrogen) atoms. The normalized spacial score (nSPS) is 11.8. The molecule has 5 nitrogen and oxygen atoms in total. The van der Waals surface area contributed by atoms with Crippen LogP contribution in [0.3, 0.4) is 0 Å². The van der Waals surface area contributed by atoms with E-state index in [2.05, 4.69) is 5.32 Å². The Morgan fingerprint density at radius 1 is 1.17 bits per heavy atom. The van der Waals surface area contributed by atoms with Crippen molar-refractivity contribution in [1.82, 2.24) is 0 Å². The lowest BCUT2D eigenvalue weighted by Crippen LogP contribution is -2.20. The summed E-state index contributed by atoms with van der Waals surface area (Å²) in [6.45, 7) is 0. The summed E-state index contributed by atoms with van der Waals surface area (Å²) < 4.78 is 25.6. The average molecular weight is 370 g/mol. The number of benzene rings is 2. The molecule has 0 spiro atoms. The summed E-state index contributed by atoms with van der Waals surface area (Å²) in [4.78, 5) is 22.6. The van der Waals surface area contributed by atoms with Gasteiger partial charge in [-0.3, -0.25) is 9.00 Å². The van der Waals surface area contributed by atoms with Crippen LogP contribution in [0.4, 0.5) is 10.1 Å². The van der Waals surface area contributed by atoms with Crippen LogP contribution >= 0.6 is 11.6 Å². The monoisotopic (exact) mass is 369 g/mol. The molecule has 0 heterocycles. The van der Waals surface area contributed by atoms with Crippen molar-refractivity contribution in [2.45, 2.75) is 5.75 Å². The highest BCUT2D eigenvalue weighted by Gasteiger charge is 2.12. The van der Waals surface area contributed by atoms with Crippen molar-refractivity contribution in [1.29, 1.82) is 0 Å². The number of rotatable bonds is 6. The molecule has 1 atom stereocenters. The van der Waals surface area contributed by atoms with Crippen LogP contribution < -0.4 is 5.32 Å². The van der Waals surface area contributed by atoms with E-state index in [0.717, 1.165) is 6.07 Å². The lowest BCUT2D eigenvalue weighted by molar-refractivity contribution is -0.113. The van der Waals surface area contributed by atoms with Crippen molar-refractivity contribution < 1.29 is 23.3 Å². The molecule has 0 saturated heterocycles. The predicted octanol–water partition coefficient (Wildman–Crippen LogP) is 3.06. The SMILES string of the molecule is O=C(CS(=O)Cc1ccc(Cl)cc1F)Nc1ccc(C(=O)O)cc1. The minimum Gasteiger partial charge on any atom is -0.478 e. The van der Waals surface area contributed by atoms with Crippen LogP contribution in [0.15, 0.2) is 42.5 Å². The van der Waals surface area contributed by atoms with Crippen LogP contribution in [-0.4, -0.2) is 26.9 Å². The number of carboxylic acids is 1. The van der Waals surface area contributed by atoms with E-state index >= 15 is 0 Å². The fourth-order valence-electron chi connectivity index (χ4n) is 1.90. The maximum Gasteiger partial charge on any atom is 0.335 e. The molecule has 2 aromatic carbocycles. The molecule has 0 saturated carbocycles. The smallest absolute Gasteiger partial charge is 0.335 e. The highest BCUT2D eigenvalue weighted by atomic mass is 35.5. The lowest BCUT2D eigenvalue weighted by atomic mass is 10.2. The number of hydrogen-bond acceptors (Lipinski definition) is 3. The fraction of sp³-hybridized carbons (Fsp3) is 0.125. The highest BCUT2D eigenvalue weighted by Crippen LogP contribution is 2.16. The van der Waals surface area contributed by atoms with E-state index in [-0.39, 0.29) is 27.7 Å². The second-order valence-electron chi connectivity index (χ2n) is 4.89. The molecule has 126 valence electrons.